The number of likely N-dealkylation sites (N-methyl/N-ethyl adjacent to an activating group) is 1. The van der Waals surface area contributed by atoms with Crippen LogP contribution in [0, 0.1) is 0 Å². The molecule has 6 heteroatoms. The molecule has 116 valence electrons. The summed E-state index contributed by atoms with van der Waals surface area (Å²) in [7, 11) is 3.73. The van der Waals surface area contributed by atoms with Crippen LogP contribution in [-0.2, 0) is 16.1 Å². The Morgan fingerprint density at radius 2 is 2.33 bits per heavy atom. The van der Waals surface area contributed by atoms with Gasteiger partial charge in [0.2, 0.25) is 5.91 Å². The fourth-order valence-electron chi connectivity index (χ4n) is 2.71. The number of carbonyl (C=O) groups is 1. The fourth-order valence-corrected chi connectivity index (χ4v) is 2.71. The maximum Gasteiger partial charge on any atom is 0.220 e. The molecule has 1 aromatic rings. The molecule has 0 N–H and O–H groups in total. The van der Waals surface area contributed by atoms with Crippen LogP contribution in [-0.4, -0.2) is 59.5 Å². The highest BCUT2D eigenvalue weighted by Crippen LogP contribution is 2.30. The van der Waals surface area contributed by atoms with Gasteiger partial charge in [0.15, 0.2) is 0 Å². The summed E-state index contributed by atoms with van der Waals surface area (Å²) in [4.78, 5) is 24.7. The molecular weight excluding hydrogens is 268 g/mol. The third kappa shape index (κ3) is 4.22. The fraction of sp³-hybridized carbons (Fsp3) is 0.667. The molecular formula is C15H24N4O2. The zero-order valence-corrected chi connectivity index (χ0v) is 13.1. The summed E-state index contributed by atoms with van der Waals surface area (Å²) in [5.74, 6) is 0.113. The third-order valence-corrected chi connectivity index (χ3v) is 3.81. The van der Waals surface area contributed by atoms with Crippen LogP contribution in [0.15, 0.2) is 12.4 Å². The van der Waals surface area contributed by atoms with Crippen molar-refractivity contribution >= 4 is 5.91 Å². The number of hydrogen-bond donors (Lipinski definition) is 0. The lowest BCUT2D eigenvalue weighted by Gasteiger charge is -2.23. The number of nitrogens with zero attached hydrogens (tertiary/aromatic N) is 4. The Morgan fingerprint density at radius 3 is 3.05 bits per heavy atom. The van der Waals surface area contributed by atoms with E-state index in [1.807, 2.05) is 11.9 Å². The van der Waals surface area contributed by atoms with Gasteiger partial charge in [0, 0.05) is 39.9 Å². The highest BCUT2D eigenvalue weighted by Gasteiger charge is 2.29. The molecule has 0 spiro atoms. The molecule has 1 aromatic heterocycles. The van der Waals surface area contributed by atoms with Crippen LogP contribution in [0.1, 0.15) is 37.2 Å². The second-order valence-electron chi connectivity index (χ2n) is 5.54. The molecule has 1 fully saturated rings. The molecule has 0 bridgehead atoms. The van der Waals surface area contributed by atoms with Gasteiger partial charge in [0.05, 0.1) is 30.2 Å². The van der Waals surface area contributed by atoms with E-state index < -0.39 is 0 Å². The number of aromatic nitrogens is 2. The molecule has 6 nitrogen and oxygen atoms in total. The average molecular weight is 292 g/mol. The smallest absolute Gasteiger partial charge is 0.220 e. The summed E-state index contributed by atoms with van der Waals surface area (Å²) in [5.41, 5.74) is 1.84. The van der Waals surface area contributed by atoms with E-state index in [-0.39, 0.29) is 11.9 Å². The molecule has 0 radical (unpaired) electrons. The molecule has 21 heavy (non-hydrogen) atoms. The van der Waals surface area contributed by atoms with Crippen LogP contribution in [0.25, 0.3) is 0 Å². The Balaban J connectivity index is 2.05. The molecule has 2 rings (SSSR count). The Kier molecular flexibility index (Phi) is 5.64. The van der Waals surface area contributed by atoms with E-state index in [9.17, 15) is 4.79 Å². The monoisotopic (exact) mass is 292 g/mol. The lowest BCUT2D eigenvalue weighted by atomic mass is 10.1. The van der Waals surface area contributed by atoms with Crippen LogP contribution in [0.5, 0.6) is 0 Å². The minimum absolute atomic E-state index is 0.0826. The zero-order valence-electron chi connectivity index (χ0n) is 13.1. The second-order valence-corrected chi connectivity index (χ2v) is 5.54. The van der Waals surface area contributed by atoms with Gasteiger partial charge in [-0.1, -0.05) is 0 Å². The molecule has 1 amide bonds. The molecule has 2 heterocycles. The van der Waals surface area contributed by atoms with Gasteiger partial charge in [-0.2, -0.15) is 0 Å². The normalized spacial score (nSPS) is 18.5. The van der Waals surface area contributed by atoms with Crippen molar-refractivity contribution in [2.24, 2.45) is 0 Å². The van der Waals surface area contributed by atoms with Crippen LogP contribution >= 0.6 is 0 Å². The number of hydrogen-bond acceptors (Lipinski definition) is 5. The molecule has 0 saturated carbocycles. The Bertz CT molecular complexity index is 480. The van der Waals surface area contributed by atoms with Gasteiger partial charge in [0.1, 0.15) is 0 Å². The van der Waals surface area contributed by atoms with E-state index in [0.717, 1.165) is 43.9 Å². The Hall–Kier alpha value is -1.53. The molecule has 0 aliphatic carbocycles. The van der Waals surface area contributed by atoms with Gasteiger partial charge in [-0.25, -0.2) is 0 Å². The standard InChI is InChI=1S/C15H24N4O2/c1-12(20)19-6-4-5-15(19)14-10-16-9-13(17-14)11-18(2)7-8-21-3/h9-10,15H,4-8,11H2,1-3H3/t15-/m0/s1. The second kappa shape index (κ2) is 7.47. The number of amides is 1. The minimum atomic E-state index is 0.0826. The first-order chi connectivity index (χ1) is 10.1. The van der Waals surface area contributed by atoms with E-state index in [1.165, 1.54) is 0 Å². The van der Waals surface area contributed by atoms with E-state index in [0.29, 0.717) is 6.61 Å². The van der Waals surface area contributed by atoms with E-state index >= 15 is 0 Å². The van der Waals surface area contributed by atoms with Crippen molar-refractivity contribution in [1.82, 2.24) is 19.8 Å². The predicted molar refractivity (Wildman–Crippen MR) is 79.6 cm³/mol. The maximum absolute atomic E-state index is 11.7. The third-order valence-electron chi connectivity index (χ3n) is 3.81. The molecule has 0 aromatic carbocycles. The first-order valence-corrected chi connectivity index (χ1v) is 7.37. The first-order valence-electron chi connectivity index (χ1n) is 7.37. The summed E-state index contributed by atoms with van der Waals surface area (Å²) in [5, 5.41) is 0. The van der Waals surface area contributed by atoms with Gasteiger partial charge in [0.25, 0.3) is 0 Å². The number of likely N-dealkylation sites (tertiary alicyclic amines) is 1. The lowest BCUT2D eigenvalue weighted by molar-refractivity contribution is -0.129. The van der Waals surface area contributed by atoms with Crippen molar-refractivity contribution in [3.05, 3.63) is 23.8 Å². The molecule has 1 aliphatic heterocycles. The highest BCUT2D eigenvalue weighted by molar-refractivity contribution is 5.74. The Morgan fingerprint density at radius 1 is 1.52 bits per heavy atom. The number of rotatable bonds is 6. The van der Waals surface area contributed by atoms with Crippen LogP contribution in [0.2, 0.25) is 0 Å². The van der Waals surface area contributed by atoms with Crippen molar-refractivity contribution in [1.29, 1.82) is 0 Å². The summed E-state index contributed by atoms with van der Waals surface area (Å²) in [6, 6.07) is 0.0826. The predicted octanol–water partition coefficient (Wildman–Crippen LogP) is 1.24. The quantitative estimate of drug-likeness (QED) is 0.789. The van der Waals surface area contributed by atoms with Gasteiger partial charge in [-0.15, -0.1) is 0 Å². The van der Waals surface area contributed by atoms with Gasteiger partial charge >= 0.3 is 0 Å². The molecule has 1 saturated heterocycles. The summed E-state index contributed by atoms with van der Waals surface area (Å²) < 4.78 is 5.07. The number of ether oxygens (including phenoxy) is 1. The van der Waals surface area contributed by atoms with Crippen molar-refractivity contribution in [2.45, 2.75) is 32.4 Å². The van der Waals surface area contributed by atoms with Gasteiger partial charge in [-0.05, 0) is 19.9 Å². The zero-order chi connectivity index (χ0) is 15.2. The SMILES string of the molecule is COCCN(C)Cc1cncc([C@@H]2CCCN2C(C)=O)n1. The average Bonchev–Trinajstić information content (AvgIpc) is 2.95. The minimum Gasteiger partial charge on any atom is -0.383 e. The lowest BCUT2D eigenvalue weighted by Crippen LogP contribution is -2.29. The van der Waals surface area contributed by atoms with E-state index in [4.69, 9.17) is 9.72 Å². The topological polar surface area (TPSA) is 58.6 Å². The number of carbonyl (C=O) groups excluding carboxylic acids is 1. The highest BCUT2D eigenvalue weighted by atomic mass is 16.5. The van der Waals surface area contributed by atoms with Gasteiger partial charge in [-0.3, -0.25) is 19.7 Å². The van der Waals surface area contributed by atoms with Crippen LogP contribution in [0.3, 0.4) is 0 Å². The van der Waals surface area contributed by atoms with E-state index in [1.54, 1.807) is 26.4 Å². The summed E-state index contributed by atoms with van der Waals surface area (Å²) in [6.45, 7) is 4.72. The van der Waals surface area contributed by atoms with Crippen LogP contribution < -0.4 is 0 Å². The first kappa shape index (κ1) is 15.9. The largest absolute Gasteiger partial charge is 0.383 e. The van der Waals surface area contributed by atoms with Crippen molar-refractivity contribution in [3.63, 3.8) is 0 Å². The van der Waals surface area contributed by atoms with Crippen molar-refractivity contribution in [3.8, 4) is 0 Å². The van der Waals surface area contributed by atoms with Gasteiger partial charge < -0.3 is 9.64 Å². The van der Waals surface area contributed by atoms with Crippen molar-refractivity contribution < 1.29 is 9.53 Å². The van der Waals surface area contributed by atoms with E-state index in [2.05, 4.69) is 9.88 Å². The van der Waals surface area contributed by atoms with Crippen molar-refractivity contribution in [2.75, 3.05) is 33.9 Å². The maximum atomic E-state index is 11.7. The summed E-state index contributed by atoms with van der Waals surface area (Å²) in [6.07, 6.45) is 5.57. The molecule has 0 unspecified atom stereocenters. The number of methoxy groups -OCH3 is 1. The summed E-state index contributed by atoms with van der Waals surface area (Å²) >= 11 is 0. The Labute approximate surface area is 126 Å². The molecule has 1 aliphatic rings. The van der Waals surface area contributed by atoms with Crippen LogP contribution in [0.4, 0.5) is 0 Å². The molecule has 1 atom stereocenters.